The van der Waals surface area contributed by atoms with Gasteiger partial charge in [-0.2, -0.15) is 0 Å². The Labute approximate surface area is 154 Å². The molecule has 1 rings (SSSR count). The molecule has 0 bridgehead atoms. The summed E-state index contributed by atoms with van der Waals surface area (Å²) in [7, 11) is 1.50. The van der Waals surface area contributed by atoms with E-state index in [9.17, 15) is 4.79 Å². The third-order valence-electron chi connectivity index (χ3n) is 3.61. The summed E-state index contributed by atoms with van der Waals surface area (Å²) in [6.07, 6.45) is 4.87. The number of hydrogen-bond acceptors (Lipinski definition) is 3. The van der Waals surface area contributed by atoms with Gasteiger partial charge in [0.05, 0.1) is 12.7 Å². The average Bonchev–Trinajstić information content (AvgIpc) is 2.58. The van der Waals surface area contributed by atoms with Crippen molar-refractivity contribution in [3.63, 3.8) is 0 Å². The van der Waals surface area contributed by atoms with Crippen molar-refractivity contribution in [3.8, 4) is 5.75 Å². The van der Waals surface area contributed by atoms with Crippen LogP contribution in [0.25, 0.3) is 0 Å². The third-order valence-corrected chi connectivity index (χ3v) is 4.09. The molecule has 0 spiro atoms. The minimum absolute atomic E-state index is 0.341. The van der Waals surface area contributed by atoms with E-state index in [1.54, 1.807) is 18.2 Å². The Morgan fingerprint density at radius 2 is 2.08 bits per heavy atom. The molecule has 1 aromatic carbocycles. The molecular formula is C17H26ClN3O2S. The van der Waals surface area contributed by atoms with Crippen LogP contribution in [-0.4, -0.2) is 24.7 Å². The van der Waals surface area contributed by atoms with E-state index < -0.39 is 0 Å². The lowest BCUT2D eigenvalue weighted by molar-refractivity contribution is 0.0940. The van der Waals surface area contributed by atoms with Crippen molar-refractivity contribution in [1.82, 2.24) is 16.2 Å². The number of hydrazine groups is 1. The molecule has 0 aliphatic carbocycles. The molecule has 0 heterocycles. The number of carbonyl (C=O) groups is 1. The van der Waals surface area contributed by atoms with E-state index in [1.807, 2.05) is 0 Å². The average molecular weight is 372 g/mol. The topological polar surface area (TPSA) is 62.4 Å². The minimum atomic E-state index is -0.366. The van der Waals surface area contributed by atoms with Crippen LogP contribution in [-0.2, 0) is 0 Å². The highest BCUT2D eigenvalue weighted by atomic mass is 35.5. The molecule has 1 aromatic rings. The van der Waals surface area contributed by atoms with Crippen molar-refractivity contribution in [2.75, 3.05) is 13.7 Å². The van der Waals surface area contributed by atoms with Crippen LogP contribution in [0.5, 0.6) is 5.75 Å². The Balaban J connectivity index is 2.39. The molecule has 3 N–H and O–H groups in total. The van der Waals surface area contributed by atoms with Crippen molar-refractivity contribution in [2.45, 2.75) is 39.5 Å². The van der Waals surface area contributed by atoms with Gasteiger partial charge in [-0.25, -0.2) is 0 Å². The van der Waals surface area contributed by atoms with E-state index in [4.69, 9.17) is 28.6 Å². The summed E-state index contributed by atoms with van der Waals surface area (Å²) >= 11 is 11.1. The molecule has 0 radical (unpaired) electrons. The van der Waals surface area contributed by atoms with Crippen LogP contribution < -0.4 is 20.9 Å². The summed E-state index contributed by atoms with van der Waals surface area (Å²) in [5, 5.41) is 3.95. The molecular weight excluding hydrogens is 346 g/mol. The van der Waals surface area contributed by atoms with Gasteiger partial charge in [-0.3, -0.25) is 15.6 Å². The fourth-order valence-electron chi connectivity index (χ4n) is 2.19. The normalized spacial score (nSPS) is 11.5. The molecule has 1 amide bonds. The predicted molar refractivity (Wildman–Crippen MR) is 103 cm³/mol. The molecule has 1 atom stereocenters. The summed E-state index contributed by atoms with van der Waals surface area (Å²) < 4.78 is 5.16. The smallest absolute Gasteiger partial charge is 0.273 e. The first kappa shape index (κ1) is 20.5. The van der Waals surface area contributed by atoms with Gasteiger partial charge < -0.3 is 10.1 Å². The molecule has 0 saturated heterocycles. The number of halogens is 1. The molecule has 0 aliphatic heterocycles. The molecule has 7 heteroatoms. The van der Waals surface area contributed by atoms with E-state index in [2.05, 4.69) is 30.0 Å². The second-order valence-electron chi connectivity index (χ2n) is 5.73. The molecule has 0 unspecified atom stereocenters. The monoisotopic (exact) mass is 371 g/mol. The van der Waals surface area contributed by atoms with Crippen LogP contribution in [0, 0.1) is 5.92 Å². The van der Waals surface area contributed by atoms with Crippen LogP contribution in [0.1, 0.15) is 49.9 Å². The zero-order chi connectivity index (χ0) is 17.9. The fourth-order valence-corrected chi connectivity index (χ4v) is 2.50. The molecule has 5 nitrogen and oxygen atoms in total. The molecule has 0 fully saturated rings. The van der Waals surface area contributed by atoms with E-state index in [0.29, 0.717) is 27.4 Å². The van der Waals surface area contributed by atoms with Crippen LogP contribution >= 0.6 is 23.8 Å². The maximum atomic E-state index is 12.2. The largest absolute Gasteiger partial charge is 0.496 e. The van der Waals surface area contributed by atoms with Crippen molar-refractivity contribution >= 4 is 34.8 Å². The summed E-state index contributed by atoms with van der Waals surface area (Å²) in [6.45, 7) is 5.14. The second kappa shape index (κ2) is 11.1. The Hall–Kier alpha value is -1.53. The predicted octanol–water partition coefficient (Wildman–Crippen LogP) is 3.67. The summed E-state index contributed by atoms with van der Waals surface area (Å²) in [4.78, 5) is 12.2. The van der Waals surface area contributed by atoms with Crippen molar-refractivity contribution in [3.05, 3.63) is 28.8 Å². The summed E-state index contributed by atoms with van der Waals surface area (Å²) in [6, 6.07) is 4.85. The minimum Gasteiger partial charge on any atom is -0.496 e. The Morgan fingerprint density at radius 3 is 2.75 bits per heavy atom. The number of methoxy groups -OCH3 is 1. The van der Waals surface area contributed by atoms with Crippen molar-refractivity contribution in [2.24, 2.45) is 5.92 Å². The van der Waals surface area contributed by atoms with Gasteiger partial charge in [-0.15, -0.1) is 0 Å². The maximum absolute atomic E-state index is 12.2. The molecule has 0 saturated carbocycles. The quantitative estimate of drug-likeness (QED) is 0.369. The van der Waals surface area contributed by atoms with E-state index >= 15 is 0 Å². The van der Waals surface area contributed by atoms with Crippen molar-refractivity contribution in [1.29, 1.82) is 0 Å². The first-order valence-electron chi connectivity index (χ1n) is 8.15. The first-order valence-corrected chi connectivity index (χ1v) is 8.94. The number of unbranched alkanes of at least 4 members (excludes halogenated alkanes) is 2. The number of hydrogen-bond donors (Lipinski definition) is 3. The molecule has 134 valence electrons. The number of rotatable bonds is 8. The zero-order valence-electron chi connectivity index (χ0n) is 14.4. The number of benzene rings is 1. The van der Waals surface area contributed by atoms with E-state index in [-0.39, 0.29) is 5.91 Å². The lowest BCUT2D eigenvalue weighted by atomic mass is 10.0. The van der Waals surface area contributed by atoms with Crippen LogP contribution in [0.2, 0.25) is 5.02 Å². The third kappa shape index (κ3) is 7.36. The fraction of sp³-hybridized carbons (Fsp3) is 0.529. The summed E-state index contributed by atoms with van der Waals surface area (Å²) in [5.41, 5.74) is 5.58. The Bertz CT molecular complexity index is 555. The lowest BCUT2D eigenvalue weighted by Crippen LogP contribution is -2.47. The van der Waals surface area contributed by atoms with E-state index in [1.165, 1.54) is 26.4 Å². The Kier molecular flexibility index (Phi) is 9.49. The van der Waals surface area contributed by atoms with Gasteiger partial charge in [0.25, 0.3) is 5.91 Å². The number of nitrogens with one attached hydrogen (secondary N) is 3. The van der Waals surface area contributed by atoms with Gasteiger partial charge in [-0.1, -0.05) is 44.7 Å². The number of thiocarbonyl (C=S) groups is 1. The molecule has 0 aromatic heterocycles. The zero-order valence-corrected chi connectivity index (χ0v) is 16.0. The maximum Gasteiger partial charge on any atom is 0.273 e. The van der Waals surface area contributed by atoms with Crippen LogP contribution in [0.4, 0.5) is 0 Å². The number of ether oxygens (including phenoxy) is 1. The lowest BCUT2D eigenvalue weighted by Gasteiger charge is -2.16. The second-order valence-corrected chi connectivity index (χ2v) is 6.58. The van der Waals surface area contributed by atoms with Gasteiger partial charge in [0, 0.05) is 11.6 Å². The Morgan fingerprint density at radius 1 is 1.33 bits per heavy atom. The van der Waals surface area contributed by atoms with Gasteiger partial charge in [0.2, 0.25) is 0 Å². The number of carbonyl (C=O) groups excluding carboxylic acids is 1. The standard InChI is InChI=1S/C17H26ClN3O2S/c1-4-5-6-7-12(2)11-19-17(24)21-20-16(22)14-10-13(18)8-9-15(14)23-3/h8-10,12H,4-7,11H2,1-3H3,(H,20,22)(H2,19,21,24)/t12-/m0/s1. The number of amides is 1. The highest BCUT2D eigenvalue weighted by Crippen LogP contribution is 2.22. The van der Waals surface area contributed by atoms with Gasteiger partial charge in [0.15, 0.2) is 5.11 Å². The molecule has 0 aliphatic rings. The molecule has 24 heavy (non-hydrogen) atoms. The van der Waals surface area contributed by atoms with E-state index in [0.717, 1.165) is 13.0 Å². The first-order chi connectivity index (χ1) is 11.5. The van der Waals surface area contributed by atoms with Crippen molar-refractivity contribution < 1.29 is 9.53 Å². The highest BCUT2D eigenvalue weighted by molar-refractivity contribution is 7.80. The van der Waals surface area contributed by atoms with Gasteiger partial charge in [-0.05, 0) is 42.8 Å². The van der Waals surface area contributed by atoms with Gasteiger partial charge >= 0.3 is 0 Å². The SMILES string of the molecule is CCCCC[C@H](C)CNC(=S)NNC(=O)c1cc(Cl)ccc1OC. The van der Waals surface area contributed by atoms with Gasteiger partial charge in [0.1, 0.15) is 5.75 Å². The summed E-state index contributed by atoms with van der Waals surface area (Å²) in [5.74, 6) is 0.608. The van der Waals surface area contributed by atoms with Crippen LogP contribution in [0.15, 0.2) is 18.2 Å². The highest BCUT2D eigenvalue weighted by Gasteiger charge is 2.13. The van der Waals surface area contributed by atoms with Crippen LogP contribution in [0.3, 0.4) is 0 Å².